The van der Waals surface area contributed by atoms with E-state index in [1.54, 1.807) is 0 Å². The number of hydrogen-bond acceptors (Lipinski definition) is 3. The Morgan fingerprint density at radius 3 is 2.38 bits per heavy atom. The van der Waals surface area contributed by atoms with Crippen LogP contribution in [0.4, 0.5) is 0 Å². The molecule has 0 amide bonds. The third kappa shape index (κ3) is 1.09. The van der Waals surface area contributed by atoms with E-state index >= 15 is 0 Å². The highest BCUT2D eigenvalue weighted by atomic mass is 16.3. The minimum Gasteiger partial charge on any atom is -0.387 e. The van der Waals surface area contributed by atoms with Gasteiger partial charge in [-0.2, -0.15) is 5.26 Å². The van der Waals surface area contributed by atoms with Crippen molar-refractivity contribution in [3.63, 3.8) is 0 Å². The van der Waals surface area contributed by atoms with Gasteiger partial charge in [-0.05, 0) is 26.3 Å². The SMILES string of the molecule is CN1CCC(O)(C2(C#N)CCC2)C1. The Labute approximate surface area is 79.0 Å². The summed E-state index contributed by atoms with van der Waals surface area (Å²) in [5.74, 6) is 0. The molecule has 0 aromatic rings. The molecule has 0 radical (unpaired) electrons. The summed E-state index contributed by atoms with van der Waals surface area (Å²) in [6.45, 7) is 1.58. The zero-order valence-corrected chi connectivity index (χ0v) is 8.08. The zero-order valence-electron chi connectivity index (χ0n) is 8.08. The first-order valence-corrected chi connectivity index (χ1v) is 4.94. The van der Waals surface area contributed by atoms with Crippen LogP contribution in [0.25, 0.3) is 0 Å². The molecule has 1 N–H and O–H groups in total. The van der Waals surface area contributed by atoms with Gasteiger partial charge in [0.25, 0.3) is 0 Å². The minimum absolute atomic E-state index is 0.419. The quantitative estimate of drug-likeness (QED) is 0.647. The van der Waals surface area contributed by atoms with Crippen LogP contribution in [0.2, 0.25) is 0 Å². The lowest BCUT2D eigenvalue weighted by molar-refractivity contribution is -0.0833. The predicted octanol–water partition coefficient (Wildman–Crippen LogP) is 0.747. The lowest BCUT2D eigenvalue weighted by Gasteiger charge is -2.46. The molecule has 1 atom stereocenters. The number of hydrogen-bond donors (Lipinski definition) is 1. The summed E-state index contributed by atoms with van der Waals surface area (Å²) in [5.41, 5.74) is -1.15. The van der Waals surface area contributed by atoms with Crippen molar-refractivity contribution in [1.82, 2.24) is 4.90 Å². The molecule has 13 heavy (non-hydrogen) atoms. The van der Waals surface area contributed by atoms with Crippen molar-refractivity contribution >= 4 is 0 Å². The van der Waals surface area contributed by atoms with Gasteiger partial charge in [0.15, 0.2) is 0 Å². The van der Waals surface area contributed by atoms with Gasteiger partial charge in [0.1, 0.15) is 0 Å². The first-order valence-electron chi connectivity index (χ1n) is 4.94. The Kier molecular flexibility index (Phi) is 1.86. The molecule has 1 saturated carbocycles. The Hall–Kier alpha value is -0.590. The molecule has 2 aliphatic rings. The molecule has 1 unspecified atom stereocenters. The molecule has 0 bridgehead atoms. The van der Waals surface area contributed by atoms with Crippen LogP contribution in [0.5, 0.6) is 0 Å². The maximum atomic E-state index is 10.4. The molecule has 3 nitrogen and oxygen atoms in total. The first-order chi connectivity index (χ1) is 6.12. The van der Waals surface area contributed by atoms with Crippen molar-refractivity contribution in [3.8, 4) is 6.07 Å². The fraction of sp³-hybridized carbons (Fsp3) is 0.900. The minimum atomic E-state index is -0.727. The Balaban J connectivity index is 2.19. The van der Waals surface area contributed by atoms with E-state index in [1.165, 1.54) is 0 Å². The van der Waals surface area contributed by atoms with Gasteiger partial charge >= 0.3 is 0 Å². The maximum Gasteiger partial charge on any atom is 0.0971 e. The van der Waals surface area contributed by atoms with Crippen molar-refractivity contribution in [2.45, 2.75) is 31.3 Å². The predicted molar refractivity (Wildman–Crippen MR) is 49.0 cm³/mol. The highest BCUT2D eigenvalue weighted by Gasteiger charge is 2.56. The summed E-state index contributed by atoms with van der Waals surface area (Å²) in [4.78, 5) is 2.11. The highest BCUT2D eigenvalue weighted by molar-refractivity contribution is 5.18. The number of likely N-dealkylation sites (tertiary alicyclic amines) is 1. The number of rotatable bonds is 1. The van der Waals surface area contributed by atoms with Crippen molar-refractivity contribution in [1.29, 1.82) is 5.26 Å². The van der Waals surface area contributed by atoms with Gasteiger partial charge in [-0.15, -0.1) is 0 Å². The fourth-order valence-electron chi connectivity index (χ4n) is 2.58. The average molecular weight is 180 g/mol. The molecule has 1 aliphatic heterocycles. The fourth-order valence-corrected chi connectivity index (χ4v) is 2.58. The lowest BCUT2D eigenvalue weighted by atomic mass is 9.59. The van der Waals surface area contributed by atoms with E-state index in [9.17, 15) is 5.11 Å². The van der Waals surface area contributed by atoms with Crippen LogP contribution in [0, 0.1) is 16.7 Å². The lowest BCUT2D eigenvalue weighted by Crippen LogP contribution is -2.53. The van der Waals surface area contributed by atoms with Gasteiger partial charge in [-0.1, -0.05) is 6.42 Å². The number of likely N-dealkylation sites (N-methyl/N-ethyl adjacent to an activating group) is 1. The summed E-state index contributed by atoms with van der Waals surface area (Å²) in [7, 11) is 2.00. The van der Waals surface area contributed by atoms with Crippen LogP contribution in [0.15, 0.2) is 0 Å². The van der Waals surface area contributed by atoms with Crippen LogP contribution in [0.3, 0.4) is 0 Å². The Morgan fingerprint density at radius 1 is 1.38 bits per heavy atom. The number of aliphatic hydroxyl groups is 1. The van der Waals surface area contributed by atoms with E-state index in [0.29, 0.717) is 6.54 Å². The molecule has 2 fully saturated rings. The molecule has 0 aromatic carbocycles. The van der Waals surface area contributed by atoms with Crippen molar-refractivity contribution in [3.05, 3.63) is 0 Å². The largest absolute Gasteiger partial charge is 0.387 e. The smallest absolute Gasteiger partial charge is 0.0971 e. The third-order valence-corrected chi connectivity index (χ3v) is 3.75. The summed E-state index contributed by atoms with van der Waals surface area (Å²) in [6, 6.07) is 2.34. The Morgan fingerprint density at radius 2 is 2.08 bits per heavy atom. The molecule has 3 heteroatoms. The summed E-state index contributed by atoms with van der Waals surface area (Å²) in [6.07, 6.45) is 3.62. The van der Waals surface area contributed by atoms with Crippen LogP contribution in [0.1, 0.15) is 25.7 Å². The van der Waals surface area contributed by atoms with Crippen molar-refractivity contribution in [2.24, 2.45) is 5.41 Å². The molecular weight excluding hydrogens is 164 g/mol. The summed E-state index contributed by atoms with van der Waals surface area (Å²) in [5, 5.41) is 19.5. The van der Waals surface area contributed by atoms with Gasteiger partial charge in [0, 0.05) is 13.1 Å². The van der Waals surface area contributed by atoms with E-state index in [4.69, 9.17) is 5.26 Å². The highest BCUT2D eigenvalue weighted by Crippen LogP contribution is 2.51. The molecule has 72 valence electrons. The maximum absolute atomic E-state index is 10.4. The second-order valence-corrected chi connectivity index (χ2v) is 4.57. The molecule has 1 saturated heterocycles. The molecule has 0 spiro atoms. The molecule has 1 aliphatic carbocycles. The number of nitrogens with zero attached hydrogens (tertiary/aromatic N) is 2. The van der Waals surface area contributed by atoms with E-state index in [1.807, 2.05) is 7.05 Å². The Bertz CT molecular complexity index is 254. The van der Waals surface area contributed by atoms with Crippen LogP contribution < -0.4 is 0 Å². The monoisotopic (exact) mass is 180 g/mol. The van der Waals surface area contributed by atoms with Gasteiger partial charge in [0.2, 0.25) is 0 Å². The van der Waals surface area contributed by atoms with Crippen molar-refractivity contribution < 1.29 is 5.11 Å². The first kappa shape index (κ1) is 8.98. The van der Waals surface area contributed by atoms with Crippen LogP contribution in [-0.2, 0) is 0 Å². The number of β-amino-alcohol motifs (C(OH)–C–C–N with tert-alkyl or cyclic N) is 1. The van der Waals surface area contributed by atoms with Gasteiger partial charge in [0.05, 0.1) is 17.1 Å². The summed E-state index contributed by atoms with van der Waals surface area (Å²) >= 11 is 0. The van der Waals surface area contributed by atoms with Crippen LogP contribution >= 0.6 is 0 Å². The van der Waals surface area contributed by atoms with Crippen LogP contribution in [-0.4, -0.2) is 35.7 Å². The van der Waals surface area contributed by atoms with Gasteiger partial charge in [-0.3, -0.25) is 0 Å². The standard InChI is InChI=1S/C10H16N2O/c1-12-6-5-10(13,8-12)9(7-11)3-2-4-9/h13H,2-6,8H2,1H3. The van der Waals surface area contributed by atoms with E-state index in [0.717, 1.165) is 32.2 Å². The molecule has 0 aromatic heterocycles. The van der Waals surface area contributed by atoms with Gasteiger partial charge < -0.3 is 10.0 Å². The topological polar surface area (TPSA) is 47.3 Å². The number of nitriles is 1. The molecule has 1 heterocycles. The molecular formula is C10H16N2O. The van der Waals surface area contributed by atoms with E-state index in [-0.39, 0.29) is 0 Å². The van der Waals surface area contributed by atoms with E-state index in [2.05, 4.69) is 11.0 Å². The second kappa shape index (κ2) is 2.70. The molecule has 2 rings (SSSR count). The zero-order chi connectivity index (χ0) is 9.53. The second-order valence-electron chi connectivity index (χ2n) is 4.57. The van der Waals surface area contributed by atoms with Gasteiger partial charge in [-0.25, -0.2) is 0 Å². The van der Waals surface area contributed by atoms with Crippen molar-refractivity contribution in [2.75, 3.05) is 20.1 Å². The normalized spacial score (nSPS) is 38.2. The third-order valence-electron chi connectivity index (χ3n) is 3.75. The summed E-state index contributed by atoms with van der Waals surface area (Å²) < 4.78 is 0. The average Bonchev–Trinajstić information content (AvgIpc) is 2.30. The van der Waals surface area contributed by atoms with E-state index < -0.39 is 11.0 Å².